The Labute approximate surface area is 142 Å². The third-order valence-electron chi connectivity index (χ3n) is 3.63. The summed E-state index contributed by atoms with van der Waals surface area (Å²) in [6.45, 7) is 6.11. The van der Waals surface area contributed by atoms with E-state index < -0.39 is 18.5 Å². The van der Waals surface area contributed by atoms with Gasteiger partial charge in [-0.05, 0) is 38.5 Å². The molecule has 0 radical (unpaired) electrons. The molecular weight excluding hydrogens is 337 g/mol. The van der Waals surface area contributed by atoms with Crippen molar-refractivity contribution in [1.82, 2.24) is 25.3 Å². The summed E-state index contributed by atoms with van der Waals surface area (Å²) < 4.78 is 37.7. The molecule has 0 aromatic carbocycles. The van der Waals surface area contributed by atoms with Crippen molar-refractivity contribution in [2.75, 3.05) is 18.4 Å². The highest BCUT2D eigenvalue weighted by Crippen LogP contribution is 2.18. The molecule has 0 fully saturated rings. The predicted octanol–water partition coefficient (Wildman–Crippen LogP) is 2.07. The van der Waals surface area contributed by atoms with Crippen LogP contribution in [0.5, 0.6) is 0 Å². The number of aromatic nitrogens is 4. The van der Waals surface area contributed by atoms with E-state index >= 15 is 0 Å². The van der Waals surface area contributed by atoms with Crippen molar-refractivity contribution in [2.45, 2.75) is 33.4 Å². The second-order valence-electron chi connectivity index (χ2n) is 5.55. The second kappa shape index (κ2) is 7.49. The van der Waals surface area contributed by atoms with E-state index in [0.29, 0.717) is 11.6 Å². The quantitative estimate of drug-likeness (QED) is 0.774. The van der Waals surface area contributed by atoms with Crippen LogP contribution in [-0.4, -0.2) is 45.2 Å². The van der Waals surface area contributed by atoms with Crippen LogP contribution in [0.2, 0.25) is 0 Å². The Morgan fingerprint density at radius 2 is 1.88 bits per heavy atom. The standard InChI is InChI=1S/C15H19F3N6O/c1-9-10(2)23-24(11(9)3)13-5-4-12(21-22-13)19-6-7-20-14(25)8-15(16,17)18/h4-5H,6-8H2,1-3H3,(H,19,21)(H,20,25). The summed E-state index contributed by atoms with van der Waals surface area (Å²) in [5.41, 5.74) is 2.97. The zero-order chi connectivity index (χ0) is 18.6. The van der Waals surface area contributed by atoms with Crippen LogP contribution in [0.4, 0.5) is 19.0 Å². The van der Waals surface area contributed by atoms with Gasteiger partial charge in [-0.2, -0.15) is 18.3 Å². The van der Waals surface area contributed by atoms with Gasteiger partial charge in [0.15, 0.2) is 5.82 Å². The maximum Gasteiger partial charge on any atom is 0.397 e. The van der Waals surface area contributed by atoms with E-state index in [0.717, 1.165) is 17.0 Å². The highest BCUT2D eigenvalue weighted by Gasteiger charge is 2.30. The number of carbonyl (C=O) groups excluding carboxylic acids is 1. The largest absolute Gasteiger partial charge is 0.397 e. The number of halogens is 3. The Kier molecular flexibility index (Phi) is 5.60. The first kappa shape index (κ1) is 18.7. The van der Waals surface area contributed by atoms with Gasteiger partial charge >= 0.3 is 6.18 Å². The molecule has 0 aliphatic carbocycles. The van der Waals surface area contributed by atoms with Crippen molar-refractivity contribution < 1.29 is 18.0 Å². The number of rotatable bonds is 6. The number of hydrogen-bond donors (Lipinski definition) is 2. The Morgan fingerprint density at radius 3 is 2.40 bits per heavy atom. The van der Waals surface area contributed by atoms with Crippen LogP contribution in [0.3, 0.4) is 0 Å². The number of hydrogen-bond acceptors (Lipinski definition) is 5. The molecular formula is C15H19F3N6O. The molecule has 0 spiro atoms. The van der Waals surface area contributed by atoms with Crippen molar-refractivity contribution >= 4 is 11.7 Å². The average Bonchev–Trinajstić information content (AvgIpc) is 2.78. The number of alkyl halides is 3. The van der Waals surface area contributed by atoms with E-state index in [1.54, 1.807) is 16.8 Å². The summed E-state index contributed by atoms with van der Waals surface area (Å²) in [6, 6.07) is 3.42. The number of aryl methyl sites for hydroxylation is 1. The fourth-order valence-electron chi connectivity index (χ4n) is 2.11. The van der Waals surface area contributed by atoms with Gasteiger partial charge in [-0.15, -0.1) is 10.2 Å². The fourth-order valence-corrected chi connectivity index (χ4v) is 2.11. The van der Waals surface area contributed by atoms with Crippen LogP contribution in [0.1, 0.15) is 23.4 Å². The van der Waals surface area contributed by atoms with Gasteiger partial charge in [0.2, 0.25) is 5.91 Å². The highest BCUT2D eigenvalue weighted by atomic mass is 19.4. The Morgan fingerprint density at radius 1 is 1.16 bits per heavy atom. The Bertz CT molecular complexity index is 739. The molecule has 7 nitrogen and oxygen atoms in total. The summed E-state index contributed by atoms with van der Waals surface area (Å²) in [6.07, 6.45) is -5.98. The second-order valence-corrected chi connectivity index (χ2v) is 5.55. The molecule has 0 aliphatic heterocycles. The third kappa shape index (κ3) is 5.16. The zero-order valence-electron chi connectivity index (χ0n) is 14.1. The lowest BCUT2D eigenvalue weighted by atomic mass is 10.2. The van der Waals surface area contributed by atoms with Crippen LogP contribution in [-0.2, 0) is 4.79 Å². The van der Waals surface area contributed by atoms with Crippen LogP contribution in [0, 0.1) is 20.8 Å². The predicted molar refractivity (Wildman–Crippen MR) is 85.5 cm³/mol. The van der Waals surface area contributed by atoms with E-state index in [-0.39, 0.29) is 13.1 Å². The molecule has 2 aromatic rings. The van der Waals surface area contributed by atoms with E-state index in [2.05, 4.69) is 25.9 Å². The first-order chi connectivity index (χ1) is 11.7. The first-order valence-electron chi connectivity index (χ1n) is 7.61. The zero-order valence-corrected chi connectivity index (χ0v) is 14.1. The van der Waals surface area contributed by atoms with Gasteiger partial charge in [0.05, 0.1) is 5.69 Å². The molecule has 10 heteroatoms. The molecule has 2 N–H and O–H groups in total. The lowest BCUT2D eigenvalue weighted by Gasteiger charge is -2.09. The maximum absolute atomic E-state index is 12.0. The minimum atomic E-state index is -4.50. The van der Waals surface area contributed by atoms with E-state index in [4.69, 9.17) is 0 Å². The lowest BCUT2D eigenvalue weighted by Crippen LogP contribution is -2.32. The van der Waals surface area contributed by atoms with Gasteiger partial charge in [-0.3, -0.25) is 4.79 Å². The summed E-state index contributed by atoms with van der Waals surface area (Å²) in [7, 11) is 0. The summed E-state index contributed by atoms with van der Waals surface area (Å²) in [4.78, 5) is 11.0. The number of nitrogens with one attached hydrogen (secondary N) is 2. The average molecular weight is 356 g/mol. The number of nitrogens with zero attached hydrogens (tertiary/aromatic N) is 4. The molecule has 0 unspecified atom stereocenters. The minimum absolute atomic E-state index is 0.0506. The molecule has 0 saturated heterocycles. The maximum atomic E-state index is 12.0. The molecule has 2 rings (SSSR count). The lowest BCUT2D eigenvalue weighted by molar-refractivity contribution is -0.153. The molecule has 2 heterocycles. The third-order valence-corrected chi connectivity index (χ3v) is 3.63. The van der Waals surface area contributed by atoms with Gasteiger partial charge in [0, 0.05) is 18.8 Å². The highest BCUT2D eigenvalue weighted by molar-refractivity contribution is 5.76. The van der Waals surface area contributed by atoms with Gasteiger partial charge in [-0.25, -0.2) is 4.68 Å². The first-order valence-corrected chi connectivity index (χ1v) is 7.61. The summed E-state index contributed by atoms with van der Waals surface area (Å²) in [5.74, 6) is -0.0413. The molecule has 0 saturated carbocycles. The van der Waals surface area contributed by atoms with Crippen molar-refractivity contribution in [1.29, 1.82) is 0 Å². The van der Waals surface area contributed by atoms with E-state index in [9.17, 15) is 18.0 Å². The number of amides is 1. The summed E-state index contributed by atoms with van der Waals surface area (Å²) in [5, 5.41) is 17.5. The van der Waals surface area contributed by atoms with Crippen LogP contribution in [0.15, 0.2) is 12.1 Å². The van der Waals surface area contributed by atoms with Crippen LogP contribution < -0.4 is 10.6 Å². The monoisotopic (exact) mass is 356 g/mol. The fraction of sp³-hybridized carbons (Fsp3) is 0.467. The molecule has 0 aliphatic rings. The van der Waals surface area contributed by atoms with E-state index in [1.165, 1.54) is 0 Å². The molecule has 1 amide bonds. The number of anilines is 1. The molecule has 25 heavy (non-hydrogen) atoms. The SMILES string of the molecule is Cc1nn(-c2ccc(NCCNC(=O)CC(F)(F)F)nn2)c(C)c1C. The van der Waals surface area contributed by atoms with Gasteiger partial charge in [0.1, 0.15) is 12.2 Å². The molecule has 0 bridgehead atoms. The molecule has 0 atom stereocenters. The van der Waals surface area contributed by atoms with Gasteiger partial charge in [-0.1, -0.05) is 0 Å². The Balaban J connectivity index is 1.85. The van der Waals surface area contributed by atoms with Crippen LogP contribution in [0.25, 0.3) is 5.82 Å². The van der Waals surface area contributed by atoms with Gasteiger partial charge in [0.25, 0.3) is 0 Å². The molecule has 2 aromatic heterocycles. The smallest absolute Gasteiger partial charge is 0.367 e. The Hall–Kier alpha value is -2.65. The topological polar surface area (TPSA) is 84.7 Å². The summed E-state index contributed by atoms with van der Waals surface area (Å²) >= 11 is 0. The van der Waals surface area contributed by atoms with Crippen molar-refractivity contribution in [2.24, 2.45) is 0 Å². The minimum Gasteiger partial charge on any atom is -0.367 e. The van der Waals surface area contributed by atoms with Crippen LogP contribution >= 0.6 is 0 Å². The molecule has 136 valence electrons. The van der Waals surface area contributed by atoms with E-state index in [1.807, 2.05) is 20.8 Å². The van der Waals surface area contributed by atoms with Gasteiger partial charge < -0.3 is 10.6 Å². The van der Waals surface area contributed by atoms with Crippen molar-refractivity contribution in [3.8, 4) is 5.82 Å². The van der Waals surface area contributed by atoms with Crippen molar-refractivity contribution in [3.63, 3.8) is 0 Å². The number of carbonyl (C=O) groups is 1. The normalized spacial score (nSPS) is 11.4. The van der Waals surface area contributed by atoms with Crippen molar-refractivity contribution in [3.05, 3.63) is 29.1 Å².